The maximum atomic E-state index is 13.6. The quantitative estimate of drug-likeness (QED) is 0.506. The molecule has 3 aromatic rings. The van der Waals surface area contributed by atoms with E-state index in [1.807, 2.05) is 29.2 Å². The fraction of sp³-hybridized carbons (Fsp3) is 0.357. The number of ether oxygens (including phenoxy) is 1. The topological polar surface area (TPSA) is 105 Å². The predicted molar refractivity (Wildman–Crippen MR) is 146 cm³/mol. The van der Waals surface area contributed by atoms with Crippen molar-refractivity contribution in [1.29, 1.82) is 0 Å². The summed E-state index contributed by atoms with van der Waals surface area (Å²) in [5, 5.41) is 0.613. The van der Waals surface area contributed by atoms with Crippen LogP contribution in [0.4, 0.5) is 20.8 Å². The average Bonchev–Trinajstić information content (AvgIpc) is 3.40. The Balaban J connectivity index is 1.28. The number of anilines is 2. The molecular weight excluding hydrogens is 523 g/mol. The Kier molecular flexibility index (Phi) is 7.83. The maximum Gasteiger partial charge on any atom is 0.415 e. The van der Waals surface area contributed by atoms with Crippen LogP contribution >= 0.6 is 11.6 Å². The molecule has 0 unspecified atom stereocenters. The summed E-state index contributed by atoms with van der Waals surface area (Å²) < 4.78 is 18.8. The molecular formula is C28H30ClFN6O3. The van der Waals surface area contributed by atoms with Crippen molar-refractivity contribution in [3.8, 4) is 5.75 Å². The van der Waals surface area contributed by atoms with Gasteiger partial charge in [-0.2, -0.15) is 0 Å². The summed E-state index contributed by atoms with van der Waals surface area (Å²) >= 11 is 6.12. The van der Waals surface area contributed by atoms with Crippen LogP contribution in [0, 0.1) is 11.7 Å². The first-order chi connectivity index (χ1) is 18.8. The Hall–Kier alpha value is -3.92. The lowest BCUT2D eigenvalue weighted by Crippen LogP contribution is -2.45. The molecule has 2 aromatic carbocycles. The number of rotatable bonds is 5. The van der Waals surface area contributed by atoms with Gasteiger partial charge in [-0.3, -0.25) is 4.79 Å². The minimum Gasteiger partial charge on any atom is -0.410 e. The molecule has 2 saturated heterocycles. The van der Waals surface area contributed by atoms with E-state index in [2.05, 4.69) is 14.9 Å². The number of carbonyl (C=O) groups is 2. The van der Waals surface area contributed by atoms with Crippen LogP contribution in [0.15, 0.2) is 60.9 Å². The number of nitrogens with two attached hydrogens (primary N) is 1. The Morgan fingerprint density at radius 1 is 1.03 bits per heavy atom. The van der Waals surface area contributed by atoms with E-state index in [4.69, 9.17) is 22.1 Å². The Morgan fingerprint density at radius 2 is 1.67 bits per heavy atom. The molecule has 9 nitrogen and oxygen atoms in total. The molecule has 0 radical (unpaired) electrons. The van der Waals surface area contributed by atoms with Crippen molar-refractivity contribution in [2.45, 2.75) is 24.8 Å². The molecule has 2 aliphatic heterocycles. The molecule has 2 amide bonds. The SMILES string of the molecule is CN(C(=O)Oc1ccc(F)cc1)[C@@H]1CN(C(=O)C2CCN(c3ncc(N)cn3)CC2)C[C@H]1c1ccc(Cl)cc1. The van der Waals surface area contributed by atoms with Crippen LogP contribution in [-0.2, 0) is 4.79 Å². The van der Waals surface area contributed by atoms with E-state index in [0.29, 0.717) is 55.7 Å². The van der Waals surface area contributed by atoms with Gasteiger partial charge in [-0.15, -0.1) is 0 Å². The van der Waals surface area contributed by atoms with E-state index in [0.717, 1.165) is 5.56 Å². The highest BCUT2D eigenvalue weighted by atomic mass is 35.5. The second-order valence-corrected chi connectivity index (χ2v) is 10.4. The van der Waals surface area contributed by atoms with Crippen LogP contribution in [0.25, 0.3) is 0 Å². The normalized spacial score (nSPS) is 19.7. The Bertz CT molecular complexity index is 1300. The van der Waals surface area contributed by atoms with Gasteiger partial charge in [0.05, 0.1) is 24.1 Å². The van der Waals surface area contributed by atoms with Gasteiger partial charge in [-0.1, -0.05) is 23.7 Å². The lowest BCUT2D eigenvalue weighted by atomic mass is 9.93. The second kappa shape index (κ2) is 11.4. The fourth-order valence-electron chi connectivity index (χ4n) is 5.29. The Labute approximate surface area is 231 Å². The number of likely N-dealkylation sites (tertiary alicyclic amines) is 1. The molecule has 0 bridgehead atoms. The van der Waals surface area contributed by atoms with Gasteiger partial charge >= 0.3 is 6.09 Å². The van der Waals surface area contributed by atoms with Gasteiger partial charge in [0.1, 0.15) is 11.6 Å². The minimum absolute atomic E-state index is 0.0784. The predicted octanol–water partition coefficient (Wildman–Crippen LogP) is 4.19. The highest BCUT2D eigenvalue weighted by Crippen LogP contribution is 2.34. The van der Waals surface area contributed by atoms with Crippen LogP contribution in [0.1, 0.15) is 24.3 Å². The smallest absolute Gasteiger partial charge is 0.410 e. The molecule has 2 fully saturated rings. The minimum atomic E-state index is -0.573. The van der Waals surface area contributed by atoms with Gasteiger partial charge in [0.2, 0.25) is 11.9 Å². The highest BCUT2D eigenvalue weighted by molar-refractivity contribution is 6.30. The number of halogens is 2. The third kappa shape index (κ3) is 6.06. The third-order valence-electron chi connectivity index (χ3n) is 7.49. The van der Waals surface area contributed by atoms with Gasteiger partial charge in [0.25, 0.3) is 0 Å². The summed E-state index contributed by atoms with van der Waals surface area (Å²) in [6, 6.07) is 12.4. The van der Waals surface area contributed by atoms with Crippen molar-refractivity contribution in [1.82, 2.24) is 19.8 Å². The van der Waals surface area contributed by atoms with Crippen molar-refractivity contribution in [2.24, 2.45) is 5.92 Å². The monoisotopic (exact) mass is 552 g/mol. The van der Waals surface area contributed by atoms with Crippen LogP contribution in [0.3, 0.4) is 0 Å². The lowest BCUT2D eigenvalue weighted by molar-refractivity contribution is -0.135. The number of nitrogens with zero attached hydrogens (tertiary/aromatic N) is 5. The summed E-state index contributed by atoms with van der Waals surface area (Å²) in [6.07, 6.45) is 3.96. The van der Waals surface area contributed by atoms with Gasteiger partial charge in [0.15, 0.2) is 0 Å². The lowest BCUT2D eigenvalue weighted by Gasteiger charge is -2.33. The number of likely N-dealkylation sites (N-methyl/N-ethyl adjacent to an activating group) is 1. The molecule has 2 atom stereocenters. The third-order valence-corrected chi connectivity index (χ3v) is 7.74. The van der Waals surface area contributed by atoms with Crippen LogP contribution in [-0.4, -0.2) is 71.0 Å². The molecule has 3 heterocycles. The number of hydrogen-bond donors (Lipinski definition) is 1. The number of hydrogen-bond acceptors (Lipinski definition) is 7. The van der Waals surface area contributed by atoms with Crippen molar-refractivity contribution < 1.29 is 18.7 Å². The first kappa shape index (κ1) is 26.7. The van der Waals surface area contributed by atoms with E-state index < -0.39 is 11.9 Å². The molecule has 0 aliphatic carbocycles. The van der Waals surface area contributed by atoms with Crippen molar-refractivity contribution in [3.05, 3.63) is 77.3 Å². The molecule has 204 valence electrons. The number of amides is 2. The number of piperidine rings is 1. The molecule has 2 aliphatic rings. The molecule has 39 heavy (non-hydrogen) atoms. The molecule has 11 heteroatoms. The largest absolute Gasteiger partial charge is 0.415 e. The first-order valence-electron chi connectivity index (χ1n) is 12.9. The highest BCUT2D eigenvalue weighted by Gasteiger charge is 2.42. The standard InChI is InChI=1S/C28H30ClFN6O3/c1-34(28(38)39-23-8-6-21(30)7-9-23)25-17-36(16-24(25)18-2-4-20(29)5-3-18)26(37)19-10-12-35(13-11-19)27-32-14-22(31)15-33-27/h2-9,14-15,19,24-25H,10-13,16-17,31H2,1H3/t24-,25+/m0/s1. The van der Waals surface area contributed by atoms with Crippen molar-refractivity contribution in [3.63, 3.8) is 0 Å². The molecule has 1 aromatic heterocycles. The maximum absolute atomic E-state index is 13.6. The van der Waals surface area contributed by atoms with E-state index >= 15 is 0 Å². The van der Waals surface area contributed by atoms with E-state index in [1.165, 1.54) is 29.2 Å². The van der Waals surface area contributed by atoms with Gasteiger partial charge in [0, 0.05) is 50.1 Å². The zero-order valence-electron chi connectivity index (χ0n) is 21.5. The first-order valence-corrected chi connectivity index (χ1v) is 13.2. The summed E-state index contributed by atoms with van der Waals surface area (Å²) in [5.41, 5.74) is 7.19. The molecule has 0 saturated carbocycles. The second-order valence-electron chi connectivity index (χ2n) is 9.98. The Morgan fingerprint density at radius 3 is 2.31 bits per heavy atom. The van der Waals surface area contributed by atoms with Crippen LogP contribution in [0.5, 0.6) is 5.75 Å². The number of carbonyl (C=O) groups excluding carboxylic acids is 2. The summed E-state index contributed by atoms with van der Waals surface area (Å²) in [7, 11) is 1.67. The van der Waals surface area contributed by atoms with Crippen LogP contribution in [0.2, 0.25) is 5.02 Å². The molecule has 0 spiro atoms. The molecule has 5 rings (SSSR count). The summed E-state index contributed by atoms with van der Waals surface area (Å²) in [4.78, 5) is 40.7. The van der Waals surface area contributed by atoms with Gasteiger partial charge in [-0.05, 0) is 54.8 Å². The zero-order chi connectivity index (χ0) is 27.5. The van der Waals surface area contributed by atoms with E-state index in [9.17, 15) is 14.0 Å². The van der Waals surface area contributed by atoms with Gasteiger partial charge in [-0.25, -0.2) is 19.2 Å². The van der Waals surface area contributed by atoms with E-state index in [-0.39, 0.29) is 29.5 Å². The van der Waals surface area contributed by atoms with E-state index in [1.54, 1.807) is 19.4 Å². The summed E-state index contributed by atoms with van der Waals surface area (Å²) in [6.45, 7) is 2.19. The summed E-state index contributed by atoms with van der Waals surface area (Å²) in [5.74, 6) is 0.272. The number of nitrogen functional groups attached to an aromatic ring is 1. The zero-order valence-corrected chi connectivity index (χ0v) is 22.3. The van der Waals surface area contributed by atoms with Crippen molar-refractivity contribution >= 4 is 35.2 Å². The van der Waals surface area contributed by atoms with Crippen LogP contribution < -0.4 is 15.4 Å². The number of benzene rings is 2. The fourth-order valence-corrected chi connectivity index (χ4v) is 5.41. The average molecular weight is 553 g/mol. The van der Waals surface area contributed by atoms with Gasteiger partial charge < -0.3 is 25.2 Å². The molecule has 2 N–H and O–H groups in total. The number of aromatic nitrogens is 2. The van der Waals surface area contributed by atoms with Crippen molar-refractivity contribution in [2.75, 3.05) is 43.9 Å².